The zero-order valence-corrected chi connectivity index (χ0v) is 11.7. The maximum absolute atomic E-state index is 14.0. The fourth-order valence-electron chi connectivity index (χ4n) is 1.36. The first-order valence-electron chi connectivity index (χ1n) is 6.19. The SMILES string of the molecule is CCOC(=O)C[C@](O)(C(=O)OCC)[C@@H](F)C(=O)OCC. The van der Waals surface area contributed by atoms with Gasteiger partial charge in [-0.15, -0.1) is 0 Å². The first-order chi connectivity index (χ1) is 9.33. The molecule has 0 heterocycles. The molecule has 7 nitrogen and oxygen atoms in total. The summed E-state index contributed by atoms with van der Waals surface area (Å²) in [6, 6.07) is 0. The molecule has 0 saturated heterocycles. The first-order valence-corrected chi connectivity index (χ1v) is 6.19. The molecule has 0 aromatic carbocycles. The third kappa shape index (κ3) is 4.76. The number of aliphatic hydroxyl groups is 1. The van der Waals surface area contributed by atoms with Crippen molar-refractivity contribution in [2.45, 2.75) is 39.0 Å². The van der Waals surface area contributed by atoms with Gasteiger partial charge >= 0.3 is 17.9 Å². The van der Waals surface area contributed by atoms with Gasteiger partial charge in [0.2, 0.25) is 11.8 Å². The monoisotopic (exact) mass is 294 g/mol. The molecule has 0 rings (SSSR count). The smallest absolute Gasteiger partial charge is 0.344 e. The normalized spacial score (nSPS) is 14.8. The highest BCUT2D eigenvalue weighted by molar-refractivity contribution is 5.92. The Labute approximate surface area is 116 Å². The average molecular weight is 294 g/mol. The Morgan fingerprint density at radius 2 is 1.55 bits per heavy atom. The van der Waals surface area contributed by atoms with Gasteiger partial charge in [-0.05, 0) is 20.8 Å². The van der Waals surface area contributed by atoms with E-state index in [1.54, 1.807) is 0 Å². The van der Waals surface area contributed by atoms with E-state index in [2.05, 4.69) is 14.2 Å². The second kappa shape index (κ2) is 8.47. The summed E-state index contributed by atoms with van der Waals surface area (Å²) in [5.74, 6) is -3.91. The molecular formula is C12H19FO7. The highest BCUT2D eigenvalue weighted by Crippen LogP contribution is 2.23. The highest BCUT2D eigenvalue weighted by atomic mass is 19.1. The number of hydrogen-bond donors (Lipinski definition) is 1. The van der Waals surface area contributed by atoms with Gasteiger partial charge in [-0.1, -0.05) is 0 Å². The van der Waals surface area contributed by atoms with Crippen molar-refractivity contribution in [1.29, 1.82) is 0 Å². The molecule has 0 radical (unpaired) electrons. The van der Waals surface area contributed by atoms with E-state index < -0.39 is 36.1 Å². The molecular weight excluding hydrogens is 275 g/mol. The fourth-order valence-corrected chi connectivity index (χ4v) is 1.36. The number of carbonyl (C=O) groups is 3. The predicted octanol–water partition coefficient (Wildman–Crippen LogP) is 0.135. The number of ether oxygens (including phenoxy) is 3. The van der Waals surface area contributed by atoms with Gasteiger partial charge in [0, 0.05) is 0 Å². The third-order valence-electron chi connectivity index (χ3n) is 2.26. The molecule has 1 N–H and O–H groups in total. The molecule has 0 spiro atoms. The minimum absolute atomic E-state index is 0.0197. The summed E-state index contributed by atoms with van der Waals surface area (Å²) >= 11 is 0. The Morgan fingerprint density at radius 1 is 1.05 bits per heavy atom. The minimum atomic E-state index is -2.96. The topological polar surface area (TPSA) is 99.1 Å². The van der Waals surface area contributed by atoms with E-state index in [9.17, 15) is 23.9 Å². The highest BCUT2D eigenvalue weighted by Gasteiger charge is 2.52. The van der Waals surface area contributed by atoms with Crippen molar-refractivity contribution >= 4 is 17.9 Å². The van der Waals surface area contributed by atoms with Gasteiger partial charge in [0.1, 0.15) is 0 Å². The molecule has 0 amide bonds. The molecule has 0 aromatic heterocycles. The summed E-state index contributed by atoms with van der Waals surface area (Å²) in [4.78, 5) is 34.3. The van der Waals surface area contributed by atoms with E-state index in [-0.39, 0.29) is 19.8 Å². The molecule has 0 aliphatic heterocycles. The fraction of sp³-hybridized carbons (Fsp3) is 0.750. The van der Waals surface area contributed by atoms with Crippen molar-refractivity contribution in [3.63, 3.8) is 0 Å². The third-order valence-corrected chi connectivity index (χ3v) is 2.26. The van der Waals surface area contributed by atoms with Crippen LogP contribution in [0.1, 0.15) is 27.2 Å². The quantitative estimate of drug-likeness (QED) is 0.502. The van der Waals surface area contributed by atoms with Crippen molar-refractivity contribution in [1.82, 2.24) is 0 Å². The molecule has 20 heavy (non-hydrogen) atoms. The lowest BCUT2D eigenvalue weighted by molar-refractivity contribution is -0.187. The predicted molar refractivity (Wildman–Crippen MR) is 64.4 cm³/mol. The van der Waals surface area contributed by atoms with Gasteiger partial charge in [0.15, 0.2) is 0 Å². The number of carbonyl (C=O) groups excluding carboxylic acids is 3. The van der Waals surface area contributed by atoms with E-state index in [0.717, 1.165) is 0 Å². The summed E-state index contributed by atoms with van der Waals surface area (Å²) in [5.41, 5.74) is -2.96. The van der Waals surface area contributed by atoms with E-state index in [4.69, 9.17) is 0 Å². The molecule has 0 saturated carbocycles. The van der Waals surface area contributed by atoms with Crippen molar-refractivity contribution in [3.8, 4) is 0 Å². The molecule has 0 bridgehead atoms. The van der Waals surface area contributed by atoms with Gasteiger partial charge in [-0.25, -0.2) is 14.0 Å². The van der Waals surface area contributed by atoms with Crippen LogP contribution in [0.15, 0.2) is 0 Å². The summed E-state index contributed by atoms with van der Waals surface area (Å²) in [6.07, 6.45) is -3.79. The van der Waals surface area contributed by atoms with Crippen LogP contribution in [-0.4, -0.2) is 54.6 Å². The van der Waals surface area contributed by atoms with Gasteiger partial charge in [-0.3, -0.25) is 4.79 Å². The number of halogens is 1. The Morgan fingerprint density at radius 3 is 2.00 bits per heavy atom. The van der Waals surface area contributed by atoms with Crippen LogP contribution in [0.2, 0.25) is 0 Å². The van der Waals surface area contributed by atoms with Gasteiger partial charge in [-0.2, -0.15) is 0 Å². The van der Waals surface area contributed by atoms with Crippen LogP contribution in [-0.2, 0) is 28.6 Å². The maximum Gasteiger partial charge on any atom is 0.344 e. The van der Waals surface area contributed by atoms with Crippen LogP contribution in [0, 0.1) is 0 Å². The lowest BCUT2D eigenvalue weighted by atomic mass is 9.93. The van der Waals surface area contributed by atoms with E-state index in [1.165, 1.54) is 20.8 Å². The van der Waals surface area contributed by atoms with Crippen LogP contribution < -0.4 is 0 Å². The lowest BCUT2D eigenvalue weighted by Gasteiger charge is -2.26. The Bertz CT molecular complexity index is 358. The second-order valence-corrected chi connectivity index (χ2v) is 3.74. The summed E-state index contributed by atoms with van der Waals surface area (Å²) in [6.45, 7) is 4.05. The zero-order chi connectivity index (χ0) is 15.8. The van der Waals surface area contributed by atoms with Crippen molar-refractivity contribution in [3.05, 3.63) is 0 Å². The lowest BCUT2D eigenvalue weighted by Crippen LogP contribution is -2.54. The van der Waals surface area contributed by atoms with Gasteiger partial charge in [0.25, 0.3) is 0 Å². The second-order valence-electron chi connectivity index (χ2n) is 3.74. The Kier molecular flexibility index (Phi) is 7.75. The molecule has 0 aliphatic rings. The Hall–Kier alpha value is -1.70. The summed E-state index contributed by atoms with van der Waals surface area (Å²) in [5, 5.41) is 10.0. The standard InChI is InChI=1S/C12H19FO7/c1-4-18-8(14)7-12(17,11(16)20-6-3)9(13)10(15)19-5-2/h9,17H,4-7H2,1-3H3/t9-,12+/m0/s1. The van der Waals surface area contributed by atoms with Crippen LogP contribution in [0.4, 0.5) is 4.39 Å². The molecule has 0 aromatic rings. The van der Waals surface area contributed by atoms with E-state index >= 15 is 0 Å². The van der Waals surface area contributed by atoms with Crippen molar-refractivity contribution < 1.29 is 38.1 Å². The van der Waals surface area contributed by atoms with Crippen LogP contribution in [0.3, 0.4) is 0 Å². The number of esters is 3. The van der Waals surface area contributed by atoms with Gasteiger partial charge < -0.3 is 19.3 Å². The largest absolute Gasteiger partial charge is 0.466 e. The molecule has 0 unspecified atom stereocenters. The minimum Gasteiger partial charge on any atom is -0.466 e. The first kappa shape index (κ1) is 18.3. The summed E-state index contributed by atoms with van der Waals surface area (Å²) in [7, 11) is 0. The molecule has 8 heteroatoms. The summed E-state index contributed by atoms with van der Waals surface area (Å²) < 4.78 is 27.4. The van der Waals surface area contributed by atoms with E-state index in [1.807, 2.05) is 0 Å². The van der Waals surface area contributed by atoms with Crippen LogP contribution >= 0.6 is 0 Å². The van der Waals surface area contributed by atoms with E-state index in [0.29, 0.717) is 0 Å². The van der Waals surface area contributed by atoms with Gasteiger partial charge in [0.05, 0.1) is 26.2 Å². The molecule has 0 aliphatic carbocycles. The average Bonchev–Trinajstić information content (AvgIpc) is 2.38. The number of hydrogen-bond acceptors (Lipinski definition) is 7. The number of rotatable bonds is 8. The molecule has 116 valence electrons. The zero-order valence-electron chi connectivity index (χ0n) is 11.7. The van der Waals surface area contributed by atoms with Crippen molar-refractivity contribution in [2.75, 3.05) is 19.8 Å². The Balaban J connectivity index is 5.18. The van der Waals surface area contributed by atoms with Crippen molar-refractivity contribution in [2.24, 2.45) is 0 Å². The molecule has 2 atom stereocenters. The maximum atomic E-state index is 14.0. The van der Waals surface area contributed by atoms with Crippen LogP contribution in [0.5, 0.6) is 0 Å². The number of alkyl halides is 1. The van der Waals surface area contributed by atoms with Crippen LogP contribution in [0.25, 0.3) is 0 Å². The molecule has 0 fully saturated rings.